The Morgan fingerprint density at radius 2 is 1.06 bits per heavy atom. The SMILES string of the molecule is Cc1ccc2c(c1)-c1cc3ccccc3cc1C2(c1ccc(O)cc1)c1ccc(O)cc1. The van der Waals surface area contributed by atoms with E-state index >= 15 is 0 Å². The lowest BCUT2D eigenvalue weighted by Crippen LogP contribution is -2.28. The van der Waals surface area contributed by atoms with Crippen molar-refractivity contribution in [2.45, 2.75) is 12.3 Å². The van der Waals surface area contributed by atoms with Crippen LogP contribution >= 0.6 is 0 Å². The predicted octanol–water partition coefficient (Wildman–Crippen LogP) is 6.92. The van der Waals surface area contributed by atoms with Crippen LogP contribution < -0.4 is 0 Å². The number of fused-ring (bicyclic) bond motifs is 4. The fraction of sp³-hybridized carbons (Fsp3) is 0.0667. The molecule has 2 heteroatoms. The summed E-state index contributed by atoms with van der Waals surface area (Å²) in [5, 5.41) is 22.5. The standard InChI is InChI=1S/C30H22O2/c1-19-6-15-28-26(16-19)27-17-20-4-2-3-5-21(20)18-29(27)30(28,22-7-11-24(31)12-8-22)23-9-13-25(32)14-10-23/h2-18,31-32H,1H3. The molecular weight excluding hydrogens is 392 g/mol. The fourth-order valence-electron chi connectivity index (χ4n) is 5.34. The molecular formula is C30H22O2. The lowest BCUT2D eigenvalue weighted by atomic mass is 9.67. The maximum absolute atomic E-state index is 10.0. The molecule has 0 amide bonds. The number of hydrogen-bond donors (Lipinski definition) is 2. The van der Waals surface area contributed by atoms with Gasteiger partial charge in [-0.3, -0.25) is 0 Å². The highest BCUT2D eigenvalue weighted by molar-refractivity contribution is 5.96. The van der Waals surface area contributed by atoms with Crippen LogP contribution in [0.3, 0.4) is 0 Å². The highest BCUT2D eigenvalue weighted by Gasteiger charge is 2.46. The number of aryl methyl sites for hydroxylation is 1. The molecule has 154 valence electrons. The molecule has 0 aliphatic heterocycles. The molecule has 1 aliphatic rings. The topological polar surface area (TPSA) is 40.5 Å². The molecule has 5 aromatic carbocycles. The highest BCUT2D eigenvalue weighted by Crippen LogP contribution is 2.57. The molecule has 1 aliphatic carbocycles. The third kappa shape index (κ3) is 2.53. The molecule has 0 aromatic heterocycles. The lowest BCUT2D eigenvalue weighted by molar-refractivity contribution is 0.475. The maximum Gasteiger partial charge on any atom is 0.115 e. The van der Waals surface area contributed by atoms with E-state index in [0.717, 1.165) is 11.1 Å². The normalized spacial score (nSPS) is 13.7. The third-order valence-corrected chi connectivity index (χ3v) is 6.76. The number of phenolic OH excluding ortho intramolecular Hbond substituents is 2. The van der Waals surface area contributed by atoms with Gasteiger partial charge in [0.1, 0.15) is 11.5 Å². The first-order chi connectivity index (χ1) is 15.6. The van der Waals surface area contributed by atoms with Crippen LogP contribution in [0.25, 0.3) is 21.9 Å². The van der Waals surface area contributed by atoms with Crippen molar-refractivity contribution in [3.05, 3.63) is 131 Å². The van der Waals surface area contributed by atoms with Gasteiger partial charge in [0.15, 0.2) is 0 Å². The Kier molecular flexibility index (Phi) is 3.93. The van der Waals surface area contributed by atoms with E-state index in [-0.39, 0.29) is 11.5 Å². The summed E-state index contributed by atoms with van der Waals surface area (Å²) in [5.41, 5.74) is 7.72. The largest absolute Gasteiger partial charge is 0.508 e. The molecule has 6 rings (SSSR count). The van der Waals surface area contributed by atoms with E-state index in [1.807, 2.05) is 24.3 Å². The van der Waals surface area contributed by atoms with Crippen LogP contribution in [-0.2, 0) is 5.41 Å². The van der Waals surface area contributed by atoms with Gasteiger partial charge in [0, 0.05) is 0 Å². The Hall–Kier alpha value is -4.04. The van der Waals surface area contributed by atoms with Gasteiger partial charge in [-0.15, -0.1) is 0 Å². The summed E-state index contributed by atoms with van der Waals surface area (Å²) in [6.45, 7) is 2.13. The molecule has 0 saturated heterocycles. The summed E-state index contributed by atoms with van der Waals surface area (Å²) in [5.74, 6) is 0.492. The van der Waals surface area contributed by atoms with Crippen LogP contribution in [0.4, 0.5) is 0 Å². The quantitative estimate of drug-likeness (QED) is 0.323. The van der Waals surface area contributed by atoms with Crippen molar-refractivity contribution in [1.82, 2.24) is 0 Å². The second-order valence-corrected chi connectivity index (χ2v) is 8.64. The van der Waals surface area contributed by atoms with Gasteiger partial charge in [-0.25, -0.2) is 0 Å². The minimum absolute atomic E-state index is 0.246. The van der Waals surface area contributed by atoms with Gasteiger partial charge in [-0.05, 0) is 87.5 Å². The lowest BCUT2D eigenvalue weighted by Gasteiger charge is -2.34. The number of phenols is 2. The number of rotatable bonds is 2. The second kappa shape index (κ2) is 6.73. The Morgan fingerprint density at radius 3 is 1.66 bits per heavy atom. The van der Waals surface area contributed by atoms with E-state index in [9.17, 15) is 10.2 Å². The Labute approximate surface area is 187 Å². The first kappa shape index (κ1) is 18.7. The van der Waals surface area contributed by atoms with E-state index in [0.29, 0.717) is 0 Å². The highest BCUT2D eigenvalue weighted by atomic mass is 16.3. The second-order valence-electron chi connectivity index (χ2n) is 8.64. The van der Waals surface area contributed by atoms with Crippen molar-refractivity contribution in [2.75, 3.05) is 0 Å². The molecule has 0 spiro atoms. The van der Waals surface area contributed by atoms with Crippen molar-refractivity contribution in [2.24, 2.45) is 0 Å². The average molecular weight is 415 g/mol. The van der Waals surface area contributed by atoms with Gasteiger partial charge in [0.2, 0.25) is 0 Å². The van der Waals surface area contributed by atoms with E-state index in [1.165, 1.54) is 38.6 Å². The first-order valence-electron chi connectivity index (χ1n) is 10.8. The number of hydrogen-bond acceptors (Lipinski definition) is 2. The van der Waals surface area contributed by atoms with Crippen molar-refractivity contribution < 1.29 is 10.2 Å². The van der Waals surface area contributed by atoms with Gasteiger partial charge in [0.05, 0.1) is 5.41 Å². The summed E-state index contributed by atoms with van der Waals surface area (Å²) in [6, 6.07) is 34.8. The van der Waals surface area contributed by atoms with E-state index in [2.05, 4.69) is 61.5 Å². The van der Waals surface area contributed by atoms with Crippen molar-refractivity contribution >= 4 is 10.8 Å². The Bertz CT molecular complexity index is 1430. The first-order valence-corrected chi connectivity index (χ1v) is 10.8. The van der Waals surface area contributed by atoms with Crippen LogP contribution in [-0.4, -0.2) is 10.2 Å². The van der Waals surface area contributed by atoms with Crippen molar-refractivity contribution in [3.63, 3.8) is 0 Å². The smallest absolute Gasteiger partial charge is 0.115 e. The van der Waals surface area contributed by atoms with Crippen LogP contribution in [0, 0.1) is 6.92 Å². The maximum atomic E-state index is 10.0. The fourth-order valence-corrected chi connectivity index (χ4v) is 5.34. The monoisotopic (exact) mass is 414 g/mol. The van der Waals surface area contributed by atoms with Gasteiger partial charge in [0.25, 0.3) is 0 Å². The third-order valence-electron chi connectivity index (χ3n) is 6.76. The van der Waals surface area contributed by atoms with Gasteiger partial charge >= 0.3 is 0 Å². The van der Waals surface area contributed by atoms with Crippen molar-refractivity contribution in [3.8, 4) is 22.6 Å². The molecule has 0 bridgehead atoms. The van der Waals surface area contributed by atoms with Gasteiger partial charge in [-0.1, -0.05) is 72.3 Å². The van der Waals surface area contributed by atoms with Gasteiger partial charge < -0.3 is 10.2 Å². The van der Waals surface area contributed by atoms with E-state index < -0.39 is 5.41 Å². The molecule has 0 radical (unpaired) electrons. The summed E-state index contributed by atoms with van der Waals surface area (Å²) in [7, 11) is 0. The van der Waals surface area contributed by atoms with Crippen LogP contribution in [0.5, 0.6) is 11.5 Å². The zero-order valence-electron chi connectivity index (χ0n) is 17.7. The predicted molar refractivity (Wildman–Crippen MR) is 129 cm³/mol. The van der Waals surface area contributed by atoms with E-state index in [1.54, 1.807) is 24.3 Å². The number of aromatic hydroxyl groups is 2. The molecule has 0 unspecified atom stereocenters. The summed E-state index contributed by atoms with van der Waals surface area (Å²) in [6.07, 6.45) is 0. The zero-order chi connectivity index (χ0) is 21.9. The Balaban J connectivity index is 1.81. The molecule has 2 nitrogen and oxygen atoms in total. The van der Waals surface area contributed by atoms with Gasteiger partial charge in [-0.2, -0.15) is 0 Å². The van der Waals surface area contributed by atoms with Crippen LogP contribution in [0.15, 0.2) is 103 Å². The van der Waals surface area contributed by atoms with Crippen molar-refractivity contribution in [1.29, 1.82) is 0 Å². The number of benzene rings is 5. The summed E-state index contributed by atoms with van der Waals surface area (Å²) >= 11 is 0. The molecule has 0 heterocycles. The molecule has 2 N–H and O–H groups in total. The molecule has 5 aromatic rings. The summed E-state index contributed by atoms with van der Waals surface area (Å²) < 4.78 is 0. The minimum Gasteiger partial charge on any atom is -0.508 e. The van der Waals surface area contributed by atoms with E-state index in [4.69, 9.17) is 0 Å². The van der Waals surface area contributed by atoms with Crippen LogP contribution in [0.1, 0.15) is 27.8 Å². The molecule has 0 fully saturated rings. The summed E-state index contributed by atoms with van der Waals surface area (Å²) in [4.78, 5) is 0. The zero-order valence-corrected chi connectivity index (χ0v) is 17.7. The average Bonchev–Trinajstić information content (AvgIpc) is 3.08. The minimum atomic E-state index is -0.552. The molecule has 0 saturated carbocycles. The van der Waals surface area contributed by atoms with Crippen LogP contribution in [0.2, 0.25) is 0 Å². The Morgan fingerprint density at radius 1 is 0.531 bits per heavy atom. The molecule has 32 heavy (non-hydrogen) atoms. The molecule has 0 atom stereocenters.